The Kier molecular flexibility index (Phi) is 36.0. The molecule has 0 aromatic heterocycles. The van der Waals surface area contributed by atoms with Crippen LogP contribution in [0.3, 0.4) is 0 Å². The fourth-order valence-electron chi connectivity index (χ4n) is 13.2. The molecule has 570 valence electrons. The zero-order valence-corrected chi connectivity index (χ0v) is 69.3. The highest BCUT2D eigenvalue weighted by molar-refractivity contribution is 9.09. The molecule has 14 rings (SSSR count). The predicted octanol–water partition coefficient (Wildman–Crippen LogP) is 19.8. The molecule has 15 nitrogen and oxygen atoms in total. The molecule has 1 amide bonds. The first-order chi connectivity index (χ1) is 51.5. The number of amides is 1. The second kappa shape index (κ2) is 45.1. The van der Waals surface area contributed by atoms with E-state index in [0.29, 0.717) is 74.6 Å². The molecule has 0 bridgehead atoms. The highest BCUT2D eigenvalue weighted by atomic mass is 79.9. The van der Waals surface area contributed by atoms with Crippen molar-refractivity contribution in [2.24, 2.45) is 0 Å². The Morgan fingerprint density at radius 3 is 1.16 bits per heavy atom. The Morgan fingerprint density at radius 1 is 0.377 bits per heavy atom. The minimum Gasteiger partial charge on any atom is -0.508 e. The summed E-state index contributed by atoms with van der Waals surface area (Å²) in [6, 6.07) is 40.1. The number of carbonyl (C=O) groups excluding carboxylic acids is 4. The lowest BCUT2D eigenvalue weighted by Gasteiger charge is -2.36. The van der Waals surface area contributed by atoms with Gasteiger partial charge in [-0.2, -0.15) is 0 Å². The fraction of sp³-hybridized carbons (Fsp3) is 0.439. The van der Waals surface area contributed by atoms with Gasteiger partial charge in [-0.05, 0) is 191 Å². The van der Waals surface area contributed by atoms with Gasteiger partial charge in [0.1, 0.15) is 23.0 Å². The van der Waals surface area contributed by atoms with Crippen LogP contribution in [-0.4, -0.2) is 166 Å². The molecule has 4 heterocycles. The van der Waals surface area contributed by atoms with Crippen molar-refractivity contribution in [3.63, 3.8) is 0 Å². The third-order valence-corrected chi connectivity index (χ3v) is 23.4. The molecule has 0 saturated carbocycles. The van der Waals surface area contributed by atoms with Gasteiger partial charge in [0.05, 0.1) is 67.0 Å². The minimum absolute atomic E-state index is 0.0809. The first-order valence-electron chi connectivity index (χ1n) is 36.9. The van der Waals surface area contributed by atoms with Gasteiger partial charge in [-0.1, -0.05) is 160 Å². The summed E-state index contributed by atoms with van der Waals surface area (Å²) in [5.41, 5.74) is 11.0. The Bertz CT molecular complexity index is 4000. The van der Waals surface area contributed by atoms with E-state index in [0.717, 1.165) is 246 Å². The number of nitrogens with one attached hydrogen (secondary N) is 2. The molecule has 106 heavy (non-hydrogen) atoms. The number of anilines is 4. The molecule has 7 aromatic carbocycles. The van der Waals surface area contributed by atoms with E-state index in [1.165, 1.54) is 18.4 Å². The molecular weight excluding hydrogens is 1660 g/mol. The van der Waals surface area contributed by atoms with Gasteiger partial charge in [-0.15, -0.1) is 0 Å². The number of ketones is 3. The number of nitrogens with zero attached hydrogens (tertiary/aromatic N) is 5. The van der Waals surface area contributed by atoms with Crippen LogP contribution in [0.5, 0.6) is 23.0 Å². The van der Waals surface area contributed by atoms with E-state index in [2.05, 4.69) is 89.0 Å². The molecule has 0 spiro atoms. The number of aromatic hydroxyl groups is 1. The van der Waals surface area contributed by atoms with E-state index >= 15 is 0 Å². The lowest BCUT2D eigenvalue weighted by Crippen LogP contribution is -2.46. The molecule has 4 aliphatic heterocycles. The summed E-state index contributed by atoms with van der Waals surface area (Å²) in [4.78, 5) is 57.9. The van der Waals surface area contributed by atoms with Gasteiger partial charge in [-0.25, -0.2) is 0 Å². The number of unbranched alkanes of at least 4 members (excludes halogenated alkanes) is 4. The zero-order valence-electron chi connectivity index (χ0n) is 60.0. The summed E-state index contributed by atoms with van der Waals surface area (Å²) >= 11 is 47.1. The predicted molar refractivity (Wildman–Crippen MR) is 449 cm³/mol. The van der Waals surface area contributed by atoms with Crippen LogP contribution in [0.25, 0.3) is 0 Å². The van der Waals surface area contributed by atoms with Gasteiger partial charge in [0.15, 0.2) is 17.3 Å². The van der Waals surface area contributed by atoms with E-state index in [9.17, 15) is 19.2 Å². The van der Waals surface area contributed by atoms with Gasteiger partial charge >= 0.3 is 0 Å². The van der Waals surface area contributed by atoms with Crippen LogP contribution in [0.1, 0.15) is 130 Å². The normalized spacial score (nSPS) is 15.8. The number of benzene rings is 7. The first kappa shape index (κ1) is 84.7. The molecule has 0 atom stereocenters. The quantitative estimate of drug-likeness (QED) is 0.0411. The molecule has 0 unspecified atom stereocenters. The number of aryl methyl sites for hydroxylation is 4. The van der Waals surface area contributed by atoms with Crippen LogP contribution >= 0.6 is 117 Å². The number of hydrogen-bond acceptors (Lipinski definition) is 14. The number of ether oxygens (including phenoxy) is 3. The molecule has 3 saturated heterocycles. The lowest BCUT2D eigenvalue weighted by molar-refractivity contribution is -0.116. The second-order valence-electron chi connectivity index (χ2n) is 26.7. The number of Topliss-reactive ketones (excluding diaryl/α,β-unsaturated/α-hetero) is 3. The fourth-order valence-corrected chi connectivity index (χ4v) is 15.7. The number of hydrogen-bond donors (Lipinski definition) is 3. The van der Waals surface area contributed by atoms with Gasteiger partial charge < -0.3 is 44.7 Å². The Hall–Kier alpha value is -5.32. The maximum absolute atomic E-state index is 11.8. The van der Waals surface area contributed by atoms with Gasteiger partial charge in [0.25, 0.3) is 0 Å². The van der Waals surface area contributed by atoms with Crippen molar-refractivity contribution in [2.45, 2.75) is 103 Å². The van der Waals surface area contributed by atoms with Crippen LogP contribution in [0.4, 0.5) is 22.7 Å². The molecule has 24 heteroatoms. The lowest BCUT2D eigenvalue weighted by atomic mass is 10.0. The number of alkyl halides is 3. The molecule has 3 N–H and O–H groups in total. The van der Waals surface area contributed by atoms with E-state index in [1.807, 2.05) is 109 Å². The maximum Gasteiger partial charge on any atom is 0.224 e. The maximum atomic E-state index is 11.8. The molecule has 7 aromatic rings. The van der Waals surface area contributed by atoms with Crippen LogP contribution in [0.15, 0.2) is 127 Å². The summed E-state index contributed by atoms with van der Waals surface area (Å²) in [6.45, 7) is 16.1. The van der Waals surface area contributed by atoms with Crippen molar-refractivity contribution in [3.8, 4) is 23.0 Å². The van der Waals surface area contributed by atoms with Crippen molar-refractivity contribution < 1.29 is 38.5 Å². The molecule has 0 radical (unpaired) electrons. The smallest absolute Gasteiger partial charge is 0.224 e. The Morgan fingerprint density at radius 2 is 0.736 bits per heavy atom. The van der Waals surface area contributed by atoms with Crippen molar-refractivity contribution in [2.75, 3.05) is 147 Å². The van der Waals surface area contributed by atoms with Crippen LogP contribution in [-0.2, 0) is 30.5 Å². The first-order valence-corrected chi connectivity index (χ1v) is 42.5. The minimum atomic E-state index is 0.0809. The van der Waals surface area contributed by atoms with Crippen molar-refractivity contribution >= 4 is 163 Å². The molecular formula is C82H96Br3Cl6N7O8. The van der Waals surface area contributed by atoms with Gasteiger partial charge in [0, 0.05) is 149 Å². The summed E-state index contributed by atoms with van der Waals surface area (Å²) in [5.74, 6) is 3.36. The van der Waals surface area contributed by atoms with E-state index < -0.39 is 0 Å². The van der Waals surface area contributed by atoms with Crippen molar-refractivity contribution in [3.05, 3.63) is 196 Å². The molecule has 3 fully saturated rings. The van der Waals surface area contributed by atoms with Gasteiger partial charge in [0.2, 0.25) is 5.91 Å². The van der Waals surface area contributed by atoms with E-state index in [1.54, 1.807) is 12.1 Å². The van der Waals surface area contributed by atoms with Crippen molar-refractivity contribution in [1.82, 2.24) is 15.1 Å². The summed E-state index contributed by atoms with van der Waals surface area (Å²) in [5, 5.41) is 22.4. The largest absolute Gasteiger partial charge is 0.508 e. The van der Waals surface area contributed by atoms with Crippen LogP contribution in [0, 0.1) is 0 Å². The van der Waals surface area contributed by atoms with Gasteiger partial charge in [-0.3, -0.25) is 29.0 Å². The number of rotatable bonds is 23. The number of carbonyl (C=O) groups is 4. The summed E-state index contributed by atoms with van der Waals surface area (Å²) < 4.78 is 17.4. The number of halogens is 9. The zero-order chi connectivity index (χ0) is 75.2. The van der Waals surface area contributed by atoms with E-state index in [-0.39, 0.29) is 29.0 Å². The number of phenolic OH excluding ortho intramolecular Hbond substituents is 1. The highest BCUT2D eigenvalue weighted by Crippen LogP contribution is 2.37. The number of fused-ring (bicyclic) bond motifs is 4. The number of phenols is 1. The topological polar surface area (TPSA) is 156 Å². The Balaban J connectivity index is 0.000000157. The average molecular weight is 1760 g/mol. The average Bonchev–Trinajstić information content (AvgIpc) is 1.80. The van der Waals surface area contributed by atoms with Crippen LogP contribution < -0.4 is 39.5 Å². The Labute approximate surface area is 680 Å². The second-order valence-corrected chi connectivity index (χ2v) is 31.4. The third-order valence-electron chi connectivity index (χ3n) is 19.3. The van der Waals surface area contributed by atoms with Crippen LogP contribution in [0.2, 0.25) is 30.1 Å². The highest BCUT2D eigenvalue weighted by Gasteiger charge is 2.25. The van der Waals surface area contributed by atoms with E-state index in [4.69, 9.17) is 88.9 Å². The summed E-state index contributed by atoms with van der Waals surface area (Å²) in [6.07, 6.45) is 14.8. The standard InChI is InChI=1S/C23H27Cl2N3O2.C23H26Cl2N2O2.C13H15BrO2.C10H12Cl2N2.C9H8O2.C4H8Br2/c24-19-4-3-5-21(23(19)25)28-13-11-27(12-14-28)10-1-2-15-30-18-8-6-17-7-9-22(29)26-20(17)16-18;24-20-4-3-5-21(23(20)25)27-13-11-26(12-14-27)10-1-2-15-29-18-8-6-17-7-9-22(28)19(17)16-18;14-7-1-2-8-16-11-5-3-10-4-6-13(15)12(10)9-11;11-8-2-1-3-9(10(8)12)14-6-4-13-5-7-14;10-7-3-1-6-2-4-9(11)8(6)5-7;5-3-1-2-4-6/h3-6,8,16H,1-2,7,9-15H2,(H,26,29);3-6,8,16H,1-2,7,9-15H2;3,5,9H,1-2,4,6-8H2;1-3,13H,4-7H2;1,3,5,10H,2,4H2;1-4H2. The summed E-state index contributed by atoms with van der Waals surface area (Å²) in [7, 11) is 0. The monoisotopic (exact) mass is 1750 g/mol. The SMILES string of the molecule is BrCCCCBr.Clc1cccc(N2CCNCC2)c1Cl.O=C1CCc2ccc(O)cc21.O=C1CCc2ccc(OCCCCBr)cc21.O=C1CCc2ccc(OCCCCN3CCN(c4cccc(Cl)c4Cl)CC3)cc21.O=C1CCc2ccc(OCCCCN3CCN(c4cccc(Cl)c4Cl)CC3)cc2N1. The molecule has 7 aliphatic rings. The number of piperazine rings is 3. The third kappa shape index (κ3) is 26.2. The molecule has 3 aliphatic carbocycles. The van der Waals surface area contributed by atoms with Crippen molar-refractivity contribution in [1.29, 1.82) is 0 Å².